The van der Waals surface area contributed by atoms with Crippen LogP contribution in [0.4, 0.5) is 123 Å². The van der Waals surface area contributed by atoms with Crippen molar-refractivity contribution in [3.8, 4) is 40.2 Å². The van der Waals surface area contributed by atoms with Gasteiger partial charge in [0.15, 0.2) is 46.2 Å². The van der Waals surface area contributed by atoms with Crippen LogP contribution in [-0.4, -0.2) is 120 Å². The summed E-state index contributed by atoms with van der Waals surface area (Å²) in [6, 6.07) is 34.6. The lowest BCUT2D eigenvalue weighted by Crippen LogP contribution is -2.59. The van der Waals surface area contributed by atoms with Crippen molar-refractivity contribution < 1.29 is 156 Å². The Bertz CT molecular complexity index is 3170. The Morgan fingerprint density at radius 1 is 0.271 bits per heavy atom. The number of aryl methyl sites for hydroxylation is 6. The molecule has 0 aromatic heterocycles. The smallest absolute Gasteiger partial charge is 0.422 e. The highest BCUT2D eigenvalue weighted by Crippen LogP contribution is 2.49. The van der Waals surface area contributed by atoms with Gasteiger partial charge in [0.2, 0.25) is 0 Å². The van der Waals surface area contributed by atoms with Gasteiger partial charge in [0.25, 0.3) is 0 Å². The van der Waals surface area contributed by atoms with E-state index in [1.165, 1.54) is 80.6 Å². The van der Waals surface area contributed by atoms with Crippen molar-refractivity contribution in [2.45, 2.75) is 115 Å². The highest BCUT2D eigenvalue weighted by atomic mass is 19.4. The minimum atomic E-state index is -6.25. The molecule has 0 saturated heterocycles. The minimum absolute atomic E-state index is 0.154. The standard InChI is InChI=1S/C12H10F8O.C11H10F6O2.2C10H10F4O.2C9H9F3O/c1-7-4-2-3-5-8(7)21-6-10(15,16)12(19,20)11(17,18)9(13)14;1-7-2-3-8(18-5-10(12,13)14)4-9(7)19-6-11(15,16)17;1-7-2-4-8(5-3-7)15-6-10(13,14)9(11)12;1-7-4-2-3-5-8(7)15-6-10(13,14)9(11)12;1-7-2-4-8(5-3-7)13-6-9(10,11)12;1-7-4-2-3-5-8(7)13-6-9(10,11)12/h2-5,9H,6H2,1H3;2-4H,5-6H2,1H3;2*2-5,9H,6H2,1H3;2*2-5H,6H2,1H3. The number of halogens is 28. The van der Waals surface area contributed by atoms with Gasteiger partial charge in [-0.3, -0.25) is 0 Å². The number of rotatable bonds is 22. The Kier molecular flexibility index (Phi) is 33.6. The molecule has 0 aliphatic rings. The maximum Gasteiger partial charge on any atom is 0.422 e. The average molecular weight is 1440 g/mol. The van der Waals surface area contributed by atoms with Crippen LogP contribution in [-0.2, 0) is 0 Å². The number of para-hydroxylation sites is 3. The molecule has 0 atom stereocenters. The summed E-state index contributed by atoms with van der Waals surface area (Å²) in [5, 5.41) is 0. The second kappa shape index (κ2) is 37.5. The monoisotopic (exact) mass is 1430 g/mol. The van der Waals surface area contributed by atoms with E-state index in [0.717, 1.165) is 23.3 Å². The van der Waals surface area contributed by atoms with E-state index in [1.54, 1.807) is 74.5 Å². The molecule has 7 nitrogen and oxygen atoms in total. The Hall–Kier alpha value is -8.04. The lowest BCUT2D eigenvalue weighted by molar-refractivity contribution is -0.342. The molecule has 0 radical (unpaired) electrons. The zero-order valence-corrected chi connectivity index (χ0v) is 50.4. The molecular weight excluding hydrogens is 1380 g/mol. The maximum atomic E-state index is 13.2. The minimum Gasteiger partial charge on any atom is -0.487 e. The molecule has 35 heteroatoms. The van der Waals surface area contributed by atoms with Gasteiger partial charge in [0.05, 0.1) is 0 Å². The van der Waals surface area contributed by atoms with E-state index in [2.05, 4.69) is 33.2 Å². The molecule has 0 fully saturated rings. The normalized spacial score (nSPS) is 12.2. The average Bonchev–Trinajstić information content (AvgIpc) is 0.762. The van der Waals surface area contributed by atoms with Crippen molar-refractivity contribution in [3.05, 3.63) is 173 Å². The molecule has 0 saturated carbocycles. The van der Waals surface area contributed by atoms with Crippen LogP contribution in [0.1, 0.15) is 33.4 Å². The molecule has 6 aromatic rings. The van der Waals surface area contributed by atoms with Crippen LogP contribution < -0.4 is 33.2 Å². The van der Waals surface area contributed by atoms with Gasteiger partial charge < -0.3 is 33.2 Å². The highest BCUT2D eigenvalue weighted by molar-refractivity contribution is 5.40. The van der Waals surface area contributed by atoms with E-state index >= 15 is 0 Å². The molecule has 96 heavy (non-hydrogen) atoms. The summed E-state index contributed by atoms with van der Waals surface area (Å²) in [6.45, 7) is -0.402. The van der Waals surface area contributed by atoms with Gasteiger partial charge in [-0.1, -0.05) is 96.1 Å². The van der Waals surface area contributed by atoms with Gasteiger partial charge in [-0.15, -0.1) is 0 Å². The number of alkyl halides is 28. The van der Waals surface area contributed by atoms with Crippen LogP contribution in [0, 0.1) is 41.5 Å². The van der Waals surface area contributed by atoms with Crippen LogP contribution in [0.5, 0.6) is 40.2 Å². The highest BCUT2D eigenvalue weighted by Gasteiger charge is 2.75. The summed E-state index contributed by atoms with van der Waals surface area (Å²) in [5.41, 5.74) is 3.90. The van der Waals surface area contributed by atoms with E-state index in [9.17, 15) is 123 Å². The molecule has 0 bridgehead atoms. The molecule has 0 spiro atoms. The summed E-state index contributed by atoms with van der Waals surface area (Å²) in [6.07, 6.45) is -29.9. The fraction of sp³-hybridized carbons (Fsp3) is 0.410. The molecule has 0 unspecified atom stereocenters. The molecule has 0 amide bonds. The Labute approximate surface area is 529 Å². The van der Waals surface area contributed by atoms with Gasteiger partial charge in [-0.25, -0.2) is 26.3 Å². The largest absolute Gasteiger partial charge is 0.487 e. The van der Waals surface area contributed by atoms with Gasteiger partial charge in [0.1, 0.15) is 40.2 Å². The van der Waals surface area contributed by atoms with Crippen molar-refractivity contribution in [2.75, 3.05) is 46.2 Å². The molecular formula is C61H58F28O7. The summed E-state index contributed by atoms with van der Waals surface area (Å²) >= 11 is 0. The number of hydrogen-bond donors (Lipinski definition) is 0. The lowest BCUT2D eigenvalue weighted by atomic mass is 10.1. The zero-order valence-electron chi connectivity index (χ0n) is 50.4. The molecule has 0 heterocycles. The Balaban J connectivity index is 0.000000581. The van der Waals surface area contributed by atoms with Crippen molar-refractivity contribution in [1.29, 1.82) is 0 Å². The van der Waals surface area contributed by atoms with E-state index in [-0.39, 0.29) is 45.8 Å². The van der Waals surface area contributed by atoms with E-state index in [4.69, 9.17) is 0 Å². The van der Waals surface area contributed by atoms with Crippen LogP contribution in [0.3, 0.4) is 0 Å². The third kappa shape index (κ3) is 33.6. The quantitative estimate of drug-likeness (QED) is 0.0628. The van der Waals surface area contributed by atoms with Crippen LogP contribution in [0.15, 0.2) is 140 Å². The SMILES string of the molecule is Cc1ccc(OCC(F)(F)C(F)F)cc1.Cc1ccc(OCC(F)(F)F)cc1.Cc1ccc(OCC(F)(F)F)cc1OCC(F)(F)F.Cc1ccccc1OCC(F)(F)C(F)(F)C(F)(F)C(F)F.Cc1ccccc1OCC(F)(F)C(F)F.Cc1ccccc1OCC(F)(F)F. The van der Waals surface area contributed by atoms with Crippen molar-refractivity contribution in [1.82, 2.24) is 0 Å². The van der Waals surface area contributed by atoms with E-state index in [1.807, 2.05) is 13.8 Å². The molecule has 540 valence electrons. The van der Waals surface area contributed by atoms with Crippen LogP contribution in [0.25, 0.3) is 0 Å². The molecule has 6 rings (SSSR count). The third-order valence-electron chi connectivity index (χ3n) is 11.1. The molecule has 0 aliphatic heterocycles. The fourth-order valence-corrected chi connectivity index (χ4v) is 6.02. The van der Waals surface area contributed by atoms with Gasteiger partial charge >= 0.3 is 73.6 Å². The molecule has 0 N–H and O–H groups in total. The predicted molar refractivity (Wildman–Crippen MR) is 293 cm³/mol. The second-order valence-corrected chi connectivity index (χ2v) is 19.7. The molecule has 0 aliphatic carbocycles. The Morgan fingerprint density at radius 3 is 0.854 bits per heavy atom. The summed E-state index contributed by atoms with van der Waals surface area (Å²) < 4.78 is 372. The zero-order chi connectivity index (χ0) is 73.9. The van der Waals surface area contributed by atoms with Gasteiger partial charge in [-0.2, -0.15) is 96.6 Å². The first kappa shape index (κ1) is 86.0. The van der Waals surface area contributed by atoms with Gasteiger partial charge in [0, 0.05) is 6.07 Å². The van der Waals surface area contributed by atoms with Crippen molar-refractivity contribution in [3.63, 3.8) is 0 Å². The van der Waals surface area contributed by atoms with Crippen molar-refractivity contribution >= 4 is 0 Å². The van der Waals surface area contributed by atoms with Gasteiger partial charge in [-0.05, 0) is 112 Å². The predicted octanol–water partition coefficient (Wildman–Crippen LogP) is 20.8. The van der Waals surface area contributed by atoms with E-state index in [0.29, 0.717) is 16.7 Å². The first-order chi connectivity index (χ1) is 43.8. The van der Waals surface area contributed by atoms with Crippen molar-refractivity contribution in [2.24, 2.45) is 0 Å². The van der Waals surface area contributed by atoms with E-state index < -0.39 is 120 Å². The number of ether oxygens (including phenoxy) is 7. The first-order valence-electron chi connectivity index (χ1n) is 26.6. The summed E-state index contributed by atoms with van der Waals surface area (Å²) in [4.78, 5) is 0. The number of benzene rings is 6. The first-order valence-corrected chi connectivity index (χ1v) is 26.6. The lowest BCUT2D eigenvalue weighted by Gasteiger charge is -2.32. The fourth-order valence-electron chi connectivity index (χ4n) is 6.02. The maximum absolute atomic E-state index is 13.2. The summed E-state index contributed by atoms with van der Waals surface area (Å²) in [7, 11) is 0. The Morgan fingerprint density at radius 2 is 0.531 bits per heavy atom. The number of hydrogen-bond acceptors (Lipinski definition) is 7. The van der Waals surface area contributed by atoms with Crippen LogP contribution >= 0.6 is 0 Å². The topological polar surface area (TPSA) is 64.6 Å². The second-order valence-electron chi connectivity index (χ2n) is 19.7. The van der Waals surface area contributed by atoms with Crippen LogP contribution in [0.2, 0.25) is 0 Å². The molecule has 6 aromatic carbocycles. The summed E-state index contributed by atoms with van der Waals surface area (Å²) in [5.74, 6) is -25.9. The third-order valence-corrected chi connectivity index (χ3v) is 11.1.